The summed E-state index contributed by atoms with van der Waals surface area (Å²) in [7, 11) is 19.2. The fraction of sp³-hybridized carbons (Fsp3) is 0.625. The van der Waals surface area contributed by atoms with Crippen LogP contribution in [0.4, 0.5) is 0 Å². The van der Waals surface area contributed by atoms with E-state index in [0.29, 0.717) is 0 Å². The van der Waals surface area contributed by atoms with Crippen LogP contribution in [0, 0.1) is 0 Å². The molecule has 1 atom stereocenters. The van der Waals surface area contributed by atoms with E-state index in [1.807, 2.05) is 12.5 Å². The second-order valence-electron chi connectivity index (χ2n) is 3.48. The minimum Gasteiger partial charge on any atom is -0.391 e. The summed E-state index contributed by atoms with van der Waals surface area (Å²) in [5.41, 5.74) is 0. The van der Waals surface area contributed by atoms with Crippen molar-refractivity contribution in [2.45, 2.75) is 19.8 Å². The highest BCUT2D eigenvalue weighted by atomic mass is 35.9. The topological polar surface area (TPSA) is 12.4 Å². The Morgan fingerprint density at radius 2 is 1.80 bits per heavy atom. The van der Waals surface area contributed by atoms with E-state index in [-0.39, 0.29) is 0 Å². The third-order valence-electron chi connectivity index (χ3n) is 1.82. The predicted molar refractivity (Wildman–Crippen MR) is 72.8 cm³/mol. The average molecular weight is 308 g/mol. The predicted octanol–water partition coefficient (Wildman–Crippen LogP) is 4.12. The van der Waals surface area contributed by atoms with Gasteiger partial charge in [-0.15, -0.1) is 0 Å². The molecule has 0 N–H and O–H groups in total. The molecule has 1 unspecified atom stereocenters. The maximum atomic E-state index is 4.99. The van der Waals surface area contributed by atoms with Crippen LogP contribution < -0.4 is 0 Å². The van der Waals surface area contributed by atoms with Crippen LogP contribution in [0.1, 0.15) is 19.8 Å². The molecular weight excluding hydrogens is 293 g/mol. The minimum absolute atomic E-state index is 0.883. The number of hydrogen-bond donors (Lipinski definition) is 0. The van der Waals surface area contributed by atoms with E-state index in [2.05, 4.69) is 25.2 Å². The molecule has 0 spiro atoms. The second-order valence-corrected chi connectivity index (χ2v) is 16.3. The van der Waals surface area contributed by atoms with Crippen LogP contribution in [0.25, 0.3) is 0 Å². The Hall–Kier alpha value is 1.06. The van der Waals surface area contributed by atoms with Gasteiger partial charge in [-0.25, -0.2) is 4.99 Å². The van der Waals surface area contributed by atoms with Crippen molar-refractivity contribution in [1.82, 2.24) is 0 Å². The SMILES string of the molecule is CCCC[N+]1(C)C=CN=C1.[Cl][Al-]([Cl])([Cl])[Cl]. The van der Waals surface area contributed by atoms with Crippen LogP contribution >= 0.6 is 40.2 Å². The summed E-state index contributed by atoms with van der Waals surface area (Å²) in [6.45, 7) is 3.39. The molecule has 0 aromatic rings. The molecule has 0 saturated heterocycles. The molecule has 0 aromatic heterocycles. The molecule has 15 heavy (non-hydrogen) atoms. The number of unbranched alkanes of at least 4 members (excludes halogenated alkanes) is 1. The largest absolute Gasteiger partial charge is 0.564 e. The normalized spacial score (nSPS) is 23.9. The lowest BCUT2D eigenvalue weighted by molar-refractivity contribution is -0.756. The lowest BCUT2D eigenvalue weighted by atomic mass is 10.3. The van der Waals surface area contributed by atoms with Gasteiger partial charge in [-0.2, -0.15) is 0 Å². The Morgan fingerprint density at radius 1 is 1.27 bits per heavy atom. The zero-order valence-corrected chi connectivity index (χ0v) is 13.0. The summed E-state index contributed by atoms with van der Waals surface area (Å²) in [4.78, 5) is 4.06. The Balaban J connectivity index is 0.000000336. The zero-order valence-electron chi connectivity index (χ0n) is 8.84. The Kier molecular flexibility index (Phi) is 7.92. The van der Waals surface area contributed by atoms with E-state index in [4.69, 9.17) is 40.2 Å². The fourth-order valence-corrected chi connectivity index (χ4v) is 1.05. The molecule has 1 rings (SSSR count). The lowest BCUT2D eigenvalue weighted by Gasteiger charge is -2.20. The van der Waals surface area contributed by atoms with Crippen molar-refractivity contribution in [3.05, 3.63) is 12.4 Å². The van der Waals surface area contributed by atoms with Crippen LogP contribution in [0.2, 0.25) is 0 Å². The quantitative estimate of drug-likeness (QED) is 0.549. The monoisotopic (exact) mass is 306 g/mol. The summed E-state index contributed by atoms with van der Waals surface area (Å²) in [6.07, 6.45) is 8.50. The van der Waals surface area contributed by atoms with Crippen molar-refractivity contribution in [2.24, 2.45) is 4.99 Å². The van der Waals surface area contributed by atoms with Gasteiger partial charge in [-0.1, -0.05) is 13.3 Å². The molecule has 0 saturated carbocycles. The van der Waals surface area contributed by atoms with Crippen LogP contribution in [0.15, 0.2) is 17.4 Å². The molecule has 88 valence electrons. The van der Waals surface area contributed by atoms with Crippen molar-refractivity contribution >= 4 is 55.9 Å². The third kappa shape index (κ3) is 11.3. The van der Waals surface area contributed by atoms with E-state index in [1.165, 1.54) is 19.4 Å². The summed E-state index contributed by atoms with van der Waals surface area (Å²) in [5, 5.41) is 0. The Bertz CT molecular complexity index is 219. The van der Waals surface area contributed by atoms with Crippen LogP contribution in [0.3, 0.4) is 0 Å². The second kappa shape index (κ2) is 7.40. The van der Waals surface area contributed by atoms with Crippen LogP contribution in [-0.2, 0) is 0 Å². The molecule has 0 radical (unpaired) electrons. The zero-order chi connectivity index (χ0) is 11.9. The number of hydrogen-bond acceptors (Lipinski definition) is 1. The first-order valence-electron chi connectivity index (χ1n) is 4.71. The van der Waals surface area contributed by atoms with Crippen LogP contribution in [0.5, 0.6) is 0 Å². The summed E-state index contributed by atoms with van der Waals surface area (Å²) in [5.74, 6) is 0. The van der Waals surface area contributed by atoms with Gasteiger partial charge in [0.05, 0.1) is 19.8 Å². The van der Waals surface area contributed by atoms with E-state index in [1.54, 1.807) is 0 Å². The number of rotatable bonds is 3. The standard InChI is InChI=1S/C8H15N2.Al.4ClH/c1-3-4-6-10(2)7-5-9-8-10;;;;;/h5,7-8H,3-4,6H2,1-2H3;;4*1H/q+1;+3;;;;/p-4. The van der Waals surface area contributed by atoms with Gasteiger partial charge in [0.25, 0.3) is 0 Å². The van der Waals surface area contributed by atoms with Crippen molar-refractivity contribution in [3.63, 3.8) is 0 Å². The van der Waals surface area contributed by atoms with Gasteiger partial charge in [0.2, 0.25) is 0 Å². The van der Waals surface area contributed by atoms with Crippen molar-refractivity contribution < 1.29 is 4.48 Å². The van der Waals surface area contributed by atoms with E-state index in [0.717, 1.165) is 4.48 Å². The molecule has 7 heteroatoms. The number of halogens is 4. The fourth-order valence-electron chi connectivity index (χ4n) is 1.05. The molecule has 0 aromatic carbocycles. The van der Waals surface area contributed by atoms with Crippen molar-refractivity contribution in [3.8, 4) is 0 Å². The van der Waals surface area contributed by atoms with Gasteiger partial charge in [-0.3, -0.25) is 4.48 Å². The van der Waals surface area contributed by atoms with Gasteiger partial charge in [0.1, 0.15) is 6.20 Å². The van der Waals surface area contributed by atoms with Crippen molar-refractivity contribution in [2.75, 3.05) is 13.6 Å². The highest BCUT2D eigenvalue weighted by Crippen LogP contribution is 2.23. The van der Waals surface area contributed by atoms with Crippen LogP contribution in [-0.4, -0.2) is 33.8 Å². The maximum Gasteiger partial charge on any atom is 0.564 e. The minimum atomic E-state index is -2.94. The maximum absolute atomic E-state index is 4.99. The molecule has 0 fully saturated rings. The van der Waals surface area contributed by atoms with Gasteiger partial charge < -0.3 is 40.2 Å². The molecule has 0 bridgehead atoms. The first kappa shape index (κ1) is 16.1. The van der Waals surface area contributed by atoms with Crippen molar-refractivity contribution in [1.29, 1.82) is 0 Å². The lowest BCUT2D eigenvalue weighted by Crippen LogP contribution is -2.35. The highest BCUT2D eigenvalue weighted by molar-refractivity contribution is 7.81. The number of quaternary nitrogens is 1. The molecule has 1 aliphatic rings. The molecular formula is C8H15AlCl4N2. The number of aliphatic imine (C=N–C) groups is 1. The van der Waals surface area contributed by atoms with E-state index < -0.39 is 9.39 Å². The summed E-state index contributed by atoms with van der Waals surface area (Å²) < 4.78 is 0.883. The highest BCUT2D eigenvalue weighted by Gasteiger charge is 2.17. The molecule has 2 nitrogen and oxygen atoms in total. The van der Waals surface area contributed by atoms with Gasteiger partial charge in [0, 0.05) is 0 Å². The first-order valence-corrected chi connectivity index (χ1v) is 11.7. The Morgan fingerprint density at radius 3 is 2.13 bits per heavy atom. The molecule has 1 aliphatic heterocycles. The summed E-state index contributed by atoms with van der Waals surface area (Å²) >= 11 is 0. The van der Waals surface area contributed by atoms with E-state index in [9.17, 15) is 0 Å². The van der Waals surface area contributed by atoms with Gasteiger partial charge in [0.15, 0.2) is 6.34 Å². The molecule has 0 amide bonds. The third-order valence-corrected chi connectivity index (χ3v) is 1.82. The van der Waals surface area contributed by atoms with Gasteiger partial charge in [-0.05, 0) is 6.42 Å². The summed E-state index contributed by atoms with van der Waals surface area (Å²) in [6, 6.07) is 0. The van der Waals surface area contributed by atoms with E-state index >= 15 is 0 Å². The smallest absolute Gasteiger partial charge is 0.391 e. The Labute approximate surface area is 111 Å². The first-order chi connectivity index (χ1) is 6.77. The van der Waals surface area contributed by atoms with Gasteiger partial charge >= 0.3 is 9.39 Å². The number of nitrogens with zero attached hydrogens (tertiary/aromatic N) is 2. The molecule has 1 heterocycles. The molecule has 0 aliphatic carbocycles. The average Bonchev–Trinajstić information content (AvgIpc) is 2.46.